The molecule has 3 aromatic rings. The second-order valence-electron chi connectivity index (χ2n) is 10.5. The number of hydrogen-bond donors (Lipinski definition) is 2. The van der Waals surface area contributed by atoms with E-state index < -0.39 is 0 Å². The molecule has 0 spiro atoms. The summed E-state index contributed by atoms with van der Waals surface area (Å²) in [7, 11) is 3.22. The maximum absolute atomic E-state index is 12.6. The van der Waals surface area contributed by atoms with Crippen LogP contribution in [0.1, 0.15) is 55.6 Å². The molecule has 2 heterocycles. The predicted molar refractivity (Wildman–Crippen MR) is 149 cm³/mol. The highest BCUT2D eigenvalue weighted by Crippen LogP contribution is 2.34. The number of amides is 1. The molecule has 1 saturated carbocycles. The van der Waals surface area contributed by atoms with Crippen molar-refractivity contribution in [2.45, 2.75) is 50.5 Å². The number of carbonyl (C=O) groups is 1. The molecule has 2 N–H and O–H groups in total. The molecule has 0 radical (unpaired) electrons. The fraction of sp³-hybridized carbons (Fsp3) is 0.452. The van der Waals surface area contributed by atoms with Crippen molar-refractivity contribution in [3.63, 3.8) is 0 Å². The van der Waals surface area contributed by atoms with Gasteiger partial charge in [0.05, 0.1) is 14.2 Å². The van der Waals surface area contributed by atoms with Gasteiger partial charge in [0.15, 0.2) is 11.5 Å². The molecule has 1 aliphatic carbocycles. The molecule has 37 heavy (non-hydrogen) atoms. The summed E-state index contributed by atoms with van der Waals surface area (Å²) in [4.78, 5) is 18.7. The summed E-state index contributed by atoms with van der Waals surface area (Å²) in [6.07, 6.45) is 12.6. The first-order valence-electron chi connectivity index (χ1n) is 13.6. The lowest BCUT2D eigenvalue weighted by Crippen LogP contribution is -2.41. The number of likely N-dealkylation sites (tertiary alicyclic amines) is 1. The Kier molecular flexibility index (Phi) is 8.15. The standard InChI is InChI=1S/C31H39N3O3/c1-36-29-9-5-6-24(31(29)37-2)12-15-30(35)33-25-13-10-22(11-14-25)21-34-18-16-23(17-19-34)27-20-32-28-8-4-3-7-26(27)28/h3-9,12,15,20,22-23,25,32H,10-11,13-14,16-19,21H2,1-2H3,(H,33,35). The minimum Gasteiger partial charge on any atom is -0.493 e. The van der Waals surface area contributed by atoms with Gasteiger partial charge in [0.1, 0.15) is 0 Å². The van der Waals surface area contributed by atoms with Crippen LogP contribution in [0.15, 0.2) is 54.7 Å². The van der Waals surface area contributed by atoms with Crippen molar-refractivity contribution < 1.29 is 14.3 Å². The van der Waals surface area contributed by atoms with Gasteiger partial charge < -0.3 is 24.7 Å². The van der Waals surface area contributed by atoms with Gasteiger partial charge in [-0.1, -0.05) is 30.3 Å². The fourth-order valence-corrected chi connectivity index (χ4v) is 6.17. The minimum atomic E-state index is -0.0484. The number of para-hydroxylation sites is 2. The molecule has 196 valence electrons. The number of ether oxygens (including phenoxy) is 2. The van der Waals surface area contributed by atoms with Crippen molar-refractivity contribution in [3.05, 3.63) is 65.9 Å². The lowest BCUT2D eigenvalue weighted by atomic mass is 9.84. The highest BCUT2D eigenvalue weighted by atomic mass is 16.5. The van der Waals surface area contributed by atoms with E-state index in [4.69, 9.17) is 9.47 Å². The number of nitrogens with zero attached hydrogens (tertiary/aromatic N) is 1. The molecular weight excluding hydrogens is 462 g/mol. The molecule has 0 atom stereocenters. The van der Waals surface area contributed by atoms with Gasteiger partial charge in [0.2, 0.25) is 5.91 Å². The molecule has 6 heteroatoms. The molecule has 5 rings (SSSR count). The SMILES string of the molecule is COc1cccc(C=CC(=O)NC2CCC(CN3CCC(c4c[nH]c5ccccc45)CC3)CC2)c1OC. The van der Waals surface area contributed by atoms with Crippen molar-refractivity contribution >= 4 is 22.9 Å². The second kappa shape index (κ2) is 11.9. The Balaban J connectivity index is 1.05. The number of H-pyrrole nitrogens is 1. The Morgan fingerprint density at radius 2 is 1.78 bits per heavy atom. The maximum atomic E-state index is 12.6. The highest BCUT2D eigenvalue weighted by Gasteiger charge is 2.27. The fourth-order valence-electron chi connectivity index (χ4n) is 6.17. The Morgan fingerprint density at radius 3 is 2.54 bits per heavy atom. The Labute approximate surface area is 220 Å². The van der Waals surface area contributed by atoms with Crippen LogP contribution >= 0.6 is 0 Å². The van der Waals surface area contributed by atoms with E-state index in [1.165, 1.54) is 61.8 Å². The van der Waals surface area contributed by atoms with Gasteiger partial charge >= 0.3 is 0 Å². The number of fused-ring (bicyclic) bond motifs is 1. The van der Waals surface area contributed by atoms with Crippen molar-refractivity contribution in [3.8, 4) is 11.5 Å². The lowest BCUT2D eigenvalue weighted by Gasteiger charge is -2.36. The van der Waals surface area contributed by atoms with Crippen LogP contribution in [-0.2, 0) is 4.79 Å². The van der Waals surface area contributed by atoms with Crippen molar-refractivity contribution in [2.24, 2.45) is 5.92 Å². The highest BCUT2D eigenvalue weighted by molar-refractivity contribution is 5.92. The van der Waals surface area contributed by atoms with Crippen molar-refractivity contribution in [1.82, 2.24) is 15.2 Å². The minimum absolute atomic E-state index is 0.0484. The zero-order chi connectivity index (χ0) is 25.6. The van der Waals surface area contributed by atoms with Gasteiger partial charge in [-0.15, -0.1) is 0 Å². The molecule has 6 nitrogen and oxygen atoms in total. The first-order chi connectivity index (χ1) is 18.1. The van der Waals surface area contributed by atoms with Gasteiger partial charge in [-0.2, -0.15) is 0 Å². The van der Waals surface area contributed by atoms with Gasteiger partial charge in [0.25, 0.3) is 0 Å². The molecule has 0 bridgehead atoms. The molecule has 2 aromatic carbocycles. The van der Waals surface area contributed by atoms with Crippen LogP contribution in [0.4, 0.5) is 0 Å². The normalized spacial score (nSPS) is 21.4. The summed E-state index contributed by atoms with van der Waals surface area (Å²) >= 11 is 0. The van der Waals surface area contributed by atoms with E-state index >= 15 is 0 Å². The number of hydrogen-bond acceptors (Lipinski definition) is 4. The molecular formula is C31H39N3O3. The van der Waals surface area contributed by atoms with Crippen LogP contribution in [0, 0.1) is 5.92 Å². The Morgan fingerprint density at radius 1 is 1.00 bits per heavy atom. The van der Waals surface area contributed by atoms with Crippen molar-refractivity contribution in [1.29, 1.82) is 0 Å². The largest absolute Gasteiger partial charge is 0.493 e. The number of nitrogens with one attached hydrogen (secondary N) is 2. The first-order valence-corrected chi connectivity index (χ1v) is 13.6. The molecule has 0 unspecified atom stereocenters. The summed E-state index contributed by atoms with van der Waals surface area (Å²) < 4.78 is 10.8. The van der Waals surface area contributed by atoms with Crippen LogP contribution < -0.4 is 14.8 Å². The van der Waals surface area contributed by atoms with Crippen LogP contribution in [0.5, 0.6) is 11.5 Å². The molecule has 1 aromatic heterocycles. The summed E-state index contributed by atoms with van der Waals surface area (Å²) in [5, 5.41) is 4.59. The quantitative estimate of drug-likeness (QED) is 0.386. The van der Waals surface area contributed by atoms with E-state index in [0.717, 1.165) is 24.3 Å². The van der Waals surface area contributed by atoms with Crippen LogP contribution in [-0.4, -0.2) is 55.7 Å². The molecule has 1 amide bonds. The zero-order valence-electron chi connectivity index (χ0n) is 22.0. The maximum Gasteiger partial charge on any atom is 0.244 e. The smallest absolute Gasteiger partial charge is 0.244 e. The van der Waals surface area contributed by atoms with E-state index in [0.29, 0.717) is 17.4 Å². The number of benzene rings is 2. The van der Waals surface area contributed by atoms with Gasteiger partial charge in [0, 0.05) is 41.3 Å². The molecule has 1 saturated heterocycles. The first kappa shape index (κ1) is 25.4. The van der Waals surface area contributed by atoms with E-state index in [-0.39, 0.29) is 11.9 Å². The van der Waals surface area contributed by atoms with Crippen molar-refractivity contribution in [2.75, 3.05) is 33.9 Å². The average Bonchev–Trinajstić information content (AvgIpc) is 3.37. The van der Waals surface area contributed by atoms with Gasteiger partial charge in [-0.05, 0) is 87.2 Å². The number of methoxy groups -OCH3 is 2. The number of aromatic nitrogens is 1. The number of piperidine rings is 1. The third-order valence-electron chi connectivity index (χ3n) is 8.21. The monoisotopic (exact) mass is 501 g/mol. The Bertz CT molecular complexity index is 1220. The van der Waals surface area contributed by atoms with E-state index in [9.17, 15) is 4.79 Å². The van der Waals surface area contributed by atoms with Crippen LogP contribution in [0.3, 0.4) is 0 Å². The van der Waals surface area contributed by atoms with Crippen LogP contribution in [0.25, 0.3) is 17.0 Å². The van der Waals surface area contributed by atoms with E-state index in [1.54, 1.807) is 26.4 Å². The van der Waals surface area contributed by atoms with E-state index in [2.05, 4.69) is 45.7 Å². The van der Waals surface area contributed by atoms with Crippen LogP contribution in [0.2, 0.25) is 0 Å². The third-order valence-corrected chi connectivity index (χ3v) is 8.21. The molecule has 2 aliphatic rings. The molecule has 2 fully saturated rings. The number of aromatic amines is 1. The van der Waals surface area contributed by atoms with Gasteiger partial charge in [-0.3, -0.25) is 4.79 Å². The lowest BCUT2D eigenvalue weighted by molar-refractivity contribution is -0.117. The second-order valence-corrected chi connectivity index (χ2v) is 10.5. The van der Waals surface area contributed by atoms with Gasteiger partial charge in [-0.25, -0.2) is 0 Å². The summed E-state index contributed by atoms with van der Waals surface area (Å²) in [6, 6.07) is 14.6. The molecule has 1 aliphatic heterocycles. The Hall–Kier alpha value is -3.25. The third kappa shape index (κ3) is 6.02. The topological polar surface area (TPSA) is 66.6 Å². The number of carbonyl (C=O) groups excluding carboxylic acids is 1. The van der Waals surface area contributed by atoms with E-state index in [1.807, 2.05) is 18.2 Å². The zero-order valence-corrected chi connectivity index (χ0v) is 22.0. The average molecular weight is 502 g/mol. The number of rotatable bonds is 8. The predicted octanol–water partition coefficient (Wildman–Crippen LogP) is 5.75. The summed E-state index contributed by atoms with van der Waals surface area (Å²) in [5.41, 5.74) is 3.57. The summed E-state index contributed by atoms with van der Waals surface area (Å²) in [6.45, 7) is 3.55. The summed E-state index contributed by atoms with van der Waals surface area (Å²) in [5.74, 6) is 2.64.